The highest BCUT2D eigenvalue weighted by atomic mass is 16.5. The van der Waals surface area contributed by atoms with E-state index in [1.165, 1.54) is 70.9 Å². The second-order valence-corrected chi connectivity index (χ2v) is 27.0. The summed E-state index contributed by atoms with van der Waals surface area (Å²) < 4.78 is 8.73. The summed E-state index contributed by atoms with van der Waals surface area (Å²) in [7, 11) is 0. The standard InChI is InChI=1S/C72H10O2/c73-10-6-9(8-4-2-1-3-5-8)7-11-66(10)71-67-58-50-40-30-22-14-12-13-16-20-18(14)26-34-28(20)38-32-24(16)25-17(13)21-19-15(12)23(22)31-37-27(19)35-29(21)39-33(25)43-42(32)54-48(38)56-46(34)52(44(50)36(26)30)60(67)62(56)69-64(54)65-55(43)49(39)57-47(35)53-45(37)51(41(31)40)59(58)68(71)61(53)63(57)70(65)72(69,71)74-11/h1-5,9H,6-7H2. The monoisotopic (exact) mass is 906 g/mol. The molecule has 5 aliphatic carbocycles. The third-order valence-electron chi connectivity index (χ3n) is 26.6. The largest absolute Gasteiger partial charge is 0.480 e. The van der Waals surface area contributed by atoms with Gasteiger partial charge in [0, 0.05) is 24.0 Å². The third-order valence-corrected chi connectivity index (χ3v) is 26.6. The van der Waals surface area contributed by atoms with Crippen LogP contribution in [0.3, 0.4) is 0 Å². The average Bonchev–Trinajstić information content (AvgIpc) is 4.44. The van der Waals surface area contributed by atoms with Gasteiger partial charge in [-0.15, -0.1) is 0 Å². The van der Waals surface area contributed by atoms with Crippen LogP contribution in [0.5, 0.6) is 0 Å². The summed E-state index contributed by atoms with van der Waals surface area (Å²) in [6.45, 7) is 0. The number of hydrogen-bond acceptors (Lipinski definition) is 2. The number of ketones is 1. The van der Waals surface area contributed by atoms with E-state index < -0.39 is 11.0 Å². The smallest absolute Gasteiger partial charge is 0.179 e. The molecule has 1 atom stereocenters. The minimum atomic E-state index is -0.899. The highest BCUT2D eigenvalue weighted by Crippen LogP contribution is 2.87. The molecule has 29 aromatic rings. The van der Waals surface area contributed by atoms with E-state index in [2.05, 4.69) is 30.3 Å². The average molecular weight is 907 g/mol. The van der Waals surface area contributed by atoms with Gasteiger partial charge in [0.2, 0.25) is 0 Å². The van der Waals surface area contributed by atoms with E-state index in [0.717, 1.165) is 17.8 Å². The first kappa shape index (κ1) is 27.6. The number of hydrogen-bond donors (Lipinski definition) is 0. The van der Waals surface area contributed by atoms with Crippen molar-refractivity contribution < 1.29 is 9.53 Å². The van der Waals surface area contributed by atoms with Crippen LogP contribution >= 0.6 is 0 Å². The van der Waals surface area contributed by atoms with Crippen LogP contribution in [0.25, 0.3) is 291 Å². The predicted octanol–water partition coefficient (Wildman–Crippen LogP) is 18.7. The van der Waals surface area contributed by atoms with E-state index in [4.69, 9.17) is 4.74 Å². The van der Waals surface area contributed by atoms with Crippen molar-refractivity contribution >= 4 is 297 Å². The number of allylic oxidation sites excluding steroid dienone is 1. The van der Waals surface area contributed by atoms with Gasteiger partial charge in [0.1, 0.15) is 11.2 Å². The molecule has 35 rings (SSSR count). The van der Waals surface area contributed by atoms with Gasteiger partial charge >= 0.3 is 0 Å². The lowest BCUT2D eigenvalue weighted by atomic mass is 9.51. The molecule has 1 unspecified atom stereocenters. The van der Waals surface area contributed by atoms with Crippen LogP contribution < -0.4 is 0 Å². The van der Waals surface area contributed by atoms with Crippen molar-refractivity contribution in [3.05, 3.63) is 69.5 Å². The Balaban J connectivity index is 1.09. The minimum Gasteiger partial charge on any atom is -0.480 e. The van der Waals surface area contributed by atoms with Crippen molar-refractivity contribution in [3.8, 4) is 0 Å². The van der Waals surface area contributed by atoms with Gasteiger partial charge in [-0.25, -0.2) is 0 Å². The lowest BCUT2D eigenvalue weighted by Crippen LogP contribution is -2.52. The number of benzene rings is 19. The lowest BCUT2D eigenvalue weighted by Gasteiger charge is -2.49. The molecule has 2 nitrogen and oxygen atoms in total. The molecule has 6 aliphatic rings. The molecule has 2 spiro atoms. The molecular weight excluding hydrogens is 897 g/mol. The van der Waals surface area contributed by atoms with Crippen LogP contribution in [0, 0.1) is 0 Å². The zero-order valence-corrected chi connectivity index (χ0v) is 37.7. The van der Waals surface area contributed by atoms with Gasteiger partial charge < -0.3 is 4.74 Å². The number of ether oxygens (including phenoxy) is 1. The Hall–Kier alpha value is -9.11. The van der Waals surface area contributed by atoms with E-state index in [9.17, 15) is 0 Å². The third kappa shape index (κ3) is 1.48. The van der Waals surface area contributed by atoms with Crippen molar-refractivity contribution in [3.63, 3.8) is 0 Å². The quantitative estimate of drug-likeness (QED) is 0.153. The normalized spacial score (nSPS) is 23.9. The van der Waals surface area contributed by atoms with E-state index in [1.807, 2.05) is 0 Å². The van der Waals surface area contributed by atoms with Crippen LogP contribution in [0.2, 0.25) is 0 Å². The Labute approximate surface area is 403 Å². The minimum absolute atomic E-state index is 0.0786. The molecule has 0 fully saturated rings. The highest BCUT2D eigenvalue weighted by Gasteiger charge is 2.77. The van der Waals surface area contributed by atoms with E-state index in [0.29, 0.717) is 12.2 Å². The van der Waals surface area contributed by atoms with Crippen molar-refractivity contribution in [1.82, 2.24) is 0 Å². The molecule has 0 saturated carbocycles. The van der Waals surface area contributed by atoms with Crippen LogP contribution in [-0.2, 0) is 20.5 Å². The molecular formula is C72H10O2. The van der Waals surface area contributed by atoms with Crippen molar-refractivity contribution in [1.29, 1.82) is 0 Å². The van der Waals surface area contributed by atoms with Crippen molar-refractivity contribution in [2.24, 2.45) is 0 Å². The molecule has 0 aromatic heterocycles. The summed E-state index contributed by atoms with van der Waals surface area (Å²) in [6, 6.07) is 11.0. The first-order valence-electron chi connectivity index (χ1n) is 27.6. The molecule has 0 bridgehead atoms. The maximum atomic E-state index is 16.7. The summed E-state index contributed by atoms with van der Waals surface area (Å²) in [5.74, 6) is 1.41. The molecule has 1 heterocycles. The van der Waals surface area contributed by atoms with Crippen LogP contribution in [0.1, 0.15) is 46.6 Å². The SMILES string of the molecule is O=C1CC(c2ccccc2)CC2=C1C13c4c5c6c7c8c9c(c%10c%11c1c1c4c4c%12c5c5c6c6c8c8c%13c9c9c%10c%10c%11c%11c1c1c4c4c%12c%12c5c5c6c8c6c8c%13c9c9c%10c%10c%11c1c1c4c4c%12c5c6c5c8c9c%10c1c45)C73O2. The molecule has 74 heavy (non-hydrogen) atoms. The van der Waals surface area contributed by atoms with Gasteiger partial charge in [0.15, 0.2) is 11.4 Å². The van der Waals surface area contributed by atoms with Gasteiger partial charge in [-0.3, -0.25) is 4.79 Å². The molecule has 310 valence electrons. The van der Waals surface area contributed by atoms with Gasteiger partial charge in [-0.1, -0.05) is 30.3 Å². The summed E-state index contributed by atoms with van der Waals surface area (Å²) in [4.78, 5) is 16.7. The lowest BCUT2D eigenvalue weighted by molar-refractivity contribution is -0.116. The second kappa shape index (κ2) is 6.32. The maximum Gasteiger partial charge on any atom is 0.179 e. The molecule has 0 radical (unpaired) electrons. The number of Topliss-reactive ketones (excluding diaryl/α,β-unsaturated/α-hetero) is 1. The molecule has 29 aromatic carbocycles. The summed E-state index contributed by atoms with van der Waals surface area (Å²) in [5, 5.41) is 85.1. The number of rotatable bonds is 1. The highest BCUT2D eigenvalue weighted by molar-refractivity contribution is 6.82. The van der Waals surface area contributed by atoms with Crippen LogP contribution in [0.15, 0.2) is 41.7 Å². The van der Waals surface area contributed by atoms with Crippen molar-refractivity contribution in [2.45, 2.75) is 29.8 Å². The molecule has 0 N–H and O–H groups in total. The molecule has 0 amide bonds. The van der Waals surface area contributed by atoms with Gasteiger partial charge in [0.05, 0.1) is 5.57 Å². The fourth-order valence-electron chi connectivity index (χ4n) is 26.3. The summed E-state index contributed by atoms with van der Waals surface area (Å²) in [5.41, 5.74) is 6.51. The second-order valence-electron chi connectivity index (χ2n) is 27.0. The molecule has 2 heteroatoms. The topological polar surface area (TPSA) is 26.3 Å². The zero-order valence-electron chi connectivity index (χ0n) is 37.7. The fraction of sp³-hybridized carbons (Fsp3) is 0.0694. The van der Waals surface area contributed by atoms with Crippen molar-refractivity contribution in [2.75, 3.05) is 0 Å². The maximum absolute atomic E-state index is 16.7. The van der Waals surface area contributed by atoms with E-state index in [-0.39, 0.29) is 5.92 Å². The molecule has 0 saturated heterocycles. The van der Waals surface area contributed by atoms with Gasteiger partial charge in [0.25, 0.3) is 0 Å². The van der Waals surface area contributed by atoms with Crippen LogP contribution in [0.4, 0.5) is 0 Å². The Bertz CT molecular complexity index is 7490. The first-order valence-corrected chi connectivity index (χ1v) is 27.6. The van der Waals surface area contributed by atoms with Gasteiger partial charge in [-0.2, -0.15) is 0 Å². The first-order chi connectivity index (χ1) is 36.8. The summed E-state index contributed by atoms with van der Waals surface area (Å²) in [6.07, 6.45) is 1.28. The van der Waals surface area contributed by atoms with Crippen LogP contribution in [-0.4, -0.2) is 5.78 Å². The summed E-state index contributed by atoms with van der Waals surface area (Å²) >= 11 is 0. The predicted molar refractivity (Wildman–Crippen MR) is 305 cm³/mol. The fourth-order valence-corrected chi connectivity index (χ4v) is 26.3. The number of carbonyl (C=O) groups excluding carboxylic acids is 1. The number of carbonyl (C=O) groups is 1. The van der Waals surface area contributed by atoms with E-state index in [1.54, 1.807) is 248 Å². The van der Waals surface area contributed by atoms with Gasteiger partial charge in [-0.05, 0) is 313 Å². The Morgan fingerprint density at radius 2 is 0.514 bits per heavy atom. The van der Waals surface area contributed by atoms with E-state index >= 15 is 4.79 Å². The Kier molecular flexibility index (Phi) is 2.36. The Morgan fingerprint density at radius 3 is 0.770 bits per heavy atom. The zero-order chi connectivity index (χ0) is 44.0. The molecule has 1 aliphatic heterocycles. The Morgan fingerprint density at radius 1 is 0.284 bits per heavy atom.